The summed E-state index contributed by atoms with van der Waals surface area (Å²) in [7, 11) is 3.01. The van der Waals surface area contributed by atoms with Gasteiger partial charge in [0.15, 0.2) is 12.2 Å². The van der Waals surface area contributed by atoms with Gasteiger partial charge in [-0.05, 0) is 82.6 Å². The van der Waals surface area contributed by atoms with Crippen molar-refractivity contribution in [1.82, 2.24) is 9.80 Å². The number of amides is 2. The number of likely N-dealkylation sites (N-methyl/N-ethyl adjacent to an activating group) is 2. The molecule has 56 heavy (non-hydrogen) atoms. The molecule has 1 saturated heterocycles. The Hall–Kier alpha value is -4.65. The lowest BCUT2D eigenvalue weighted by molar-refractivity contribution is -0.175. The molecule has 3 fully saturated rings. The molecule has 0 spiro atoms. The number of morpholine rings is 1. The average Bonchev–Trinajstić information content (AvgIpc) is 4.13. The fourth-order valence-electron chi connectivity index (χ4n) is 6.70. The summed E-state index contributed by atoms with van der Waals surface area (Å²) in [5.74, 6) is -2.41. The molecular weight excluding hydrogens is 718 g/mol. The first-order valence-electron chi connectivity index (χ1n) is 19.8. The van der Waals surface area contributed by atoms with Gasteiger partial charge in [0, 0.05) is 39.3 Å². The van der Waals surface area contributed by atoms with Gasteiger partial charge in [0.05, 0.1) is 13.2 Å². The number of benzene rings is 2. The van der Waals surface area contributed by atoms with E-state index < -0.39 is 59.3 Å². The molecule has 5 rings (SSSR count). The van der Waals surface area contributed by atoms with E-state index in [1.54, 1.807) is 27.7 Å². The molecule has 1 aliphatic heterocycles. The number of carbonyl (C=O) groups excluding carboxylic acids is 5. The molecule has 4 atom stereocenters. The maximum atomic E-state index is 14.6. The van der Waals surface area contributed by atoms with Gasteiger partial charge in [-0.3, -0.25) is 9.69 Å². The Morgan fingerprint density at radius 1 is 0.821 bits per heavy atom. The molecule has 0 aromatic heterocycles. The molecule has 0 bridgehead atoms. The molecule has 13 nitrogen and oxygen atoms in total. The lowest BCUT2D eigenvalue weighted by Crippen LogP contribution is -2.57. The zero-order valence-corrected chi connectivity index (χ0v) is 34.0. The van der Waals surface area contributed by atoms with E-state index in [1.807, 2.05) is 54.6 Å². The smallest absolute Gasteiger partial charge is 0.410 e. The molecule has 0 N–H and O–H groups in total. The van der Waals surface area contributed by atoms with Gasteiger partial charge >= 0.3 is 24.0 Å². The number of esters is 3. The van der Waals surface area contributed by atoms with E-state index in [4.69, 9.17) is 23.7 Å². The molecule has 2 aromatic carbocycles. The van der Waals surface area contributed by atoms with Crippen LogP contribution in [-0.4, -0.2) is 109 Å². The van der Waals surface area contributed by atoms with Crippen molar-refractivity contribution in [2.75, 3.05) is 45.3 Å². The SMILES string of the molecule is C[C@@H](OC(=O)[C@H](CC1CC1)N(C)C(=O)[C@@H](Cc1ccc(N2CCOCC2)cc1)OC(=O)C(C)(CC1CC1)N(C)C(=O)OC(C)(C)C)C(=O)OCc1ccccc1. The lowest BCUT2D eigenvalue weighted by atomic mass is 9.93. The van der Waals surface area contributed by atoms with Gasteiger partial charge in [0.25, 0.3) is 5.91 Å². The summed E-state index contributed by atoms with van der Waals surface area (Å²) >= 11 is 0. The van der Waals surface area contributed by atoms with Crippen molar-refractivity contribution in [1.29, 1.82) is 0 Å². The van der Waals surface area contributed by atoms with Crippen LogP contribution in [0.3, 0.4) is 0 Å². The zero-order valence-electron chi connectivity index (χ0n) is 34.0. The Balaban J connectivity index is 1.37. The second-order valence-corrected chi connectivity index (χ2v) is 16.6. The molecule has 1 heterocycles. The van der Waals surface area contributed by atoms with Crippen molar-refractivity contribution in [2.24, 2.45) is 11.8 Å². The number of carbonyl (C=O) groups is 5. The van der Waals surface area contributed by atoms with E-state index in [2.05, 4.69) is 4.90 Å². The summed E-state index contributed by atoms with van der Waals surface area (Å²) in [6.45, 7) is 11.1. The summed E-state index contributed by atoms with van der Waals surface area (Å²) in [4.78, 5) is 73.7. The molecule has 0 radical (unpaired) electrons. The molecule has 13 heteroatoms. The number of rotatable bonds is 17. The molecule has 2 amide bonds. The van der Waals surface area contributed by atoms with Crippen LogP contribution in [0, 0.1) is 11.8 Å². The van der Waals surface area contributed by atoms with Crippen LogP contribution in [0.4, 0.5) is 10.5 Å². The highest BCUT2D eigenvalue weighted by molar-refractivity contribution is 5.91. The van der Waals surface area contributed by atoms with Crippen LogP contribution in [-0.2, 0) is 55.9 Å². The van der Waals surface area contributed by atoms with Crippen molar-refractivity contribution < 1.29 is 47.7 Å². The second kappa shape index (κ2) is 18.5. The van der Waals surface area contributed by atoms with E-state index in [0.29, 0.717) is 26.1 Å². The van der Waals surface area contributed by atoms with Crippen molar-refractivity contribution in [3.63, 3.8) is 0 Å². The van der Waals surface area contributed by atoms with Crippen molar-refractivity contribution >= 4 is 35.6 Å². The summed E-state index contributed by atoms with van der Waals surface area (Å²) in [5, 5.41) is 0. The molecule has 2 saturated carbocycles. The minimum Gasteiger partial charge on any atom is -0.458 e. The standard InChI is InChI=1S/C43H59N3O10/c1-29(38(48)53-28-33-11-9-8-10-12-33)54-39(49)35(25-30-13-14-30)44(6)37(47)36(26-31-17-19-34(20-18-31)46-21-23-52-24-22-46)55-40(50)43(5,27-32-15-16-32)45(7)41(51)56-42(2,3)4/h8-12,17-20,29-30,32,35-36H,13-16,21-28H2,1-7H3/t29-,35+,36-,43?/m1/s1. The van der Waals surface area contributed by atoms with Gasteiger partial charge in [0.1, 0.15) is 23.8 Å². The number of nitrogens with zero attached hydrogens (tertiary/aromatic N) is 3. The third kappa shape index (κ3) is 11.9. The second-order valence-electron chi connectivity index (χ2n) is 16.6. The Bertz CT molecular complexity index is 1660. The first-order valence-corrected chi connectivity index (χ1v) is 19.8. The third-order valence-corrected chi connectivity index (χ3v) is 10.7. The predicted molar refractivity (Wildman–Crippen MR) is 208 cm³/mol. The van der Waals surface area contributed by atoms with Crippen LogP contribution in [0.5, 0.6) is 0 Å². The van der Waals surface area contributed by atoms with Crippen LogP contribution < -0.4 is 4.90 Å². The van der Waals surface area contributed by atoms with Crippen LogP contribution in [0.2, 0.25) is 0 Å². The van der Waals surface area contributed by atoms with E-state index in [-0.39, 0.29) is 24.9 Å². The van der Waals surface area contributed by atoms with Gasteiger partial charge in [-0.2, -0.15) is 0 Å². The highest BCUT2D eigenvalue weighted by Crippen LogP contribution is 2.40. The molecule has 306 valence electrons. The van der Waals surface area contributed by atoms with Crippen LogP contribution in [0.1, 0.15) is 84.3 Å². The van der Waals surface area contributed by atoms with Gasteiger partial charge in [0.2, 0.25) is 0 Å². The quantitative estimate of drug-likeness (QED) is 0.144. The summed E-state index contributed by atoms with van der Waals surface area (Å²) in [5.41, 5.74) is 0.294. The maximum absolute atomic E-state index is 14.6. The van der Waals surface area contributed by atoms with E-state index >= 15 is 0 Å². The third-order valence-electron chi connectivity index (χ3n) is 10.7. The van der Waals surface area contributed by atoms with E-state index in [1.165, 1.54) is 30.8 Å². The Labute approximate surface area is 330 Å². The van der Waals surface area contributed by atoms with Gasteiger partial charge < -0.3 is 33.5 Å². The van der Waals surface area contributed by atoms with Gasteiger partial charge in [-0.25, -0.2) is 19.2 Å². The number of ether oxygens (including phenoxy) is 5. The van der Waals surface area contributed by atoms with Crippen molar-refractivity contribution in [3.8, 4) is 0 Å². The monoisotopic (exact) mass is 777 g/mol. The summed E-state index contributed by atoms with van der Waals surface area (Å²) in [6, 6.07) is 15.8. The minimum atomic E-state index is -1.44. The number of hydrogen-bond acceptors (Lipinski definition) is 11. The number of anilines is 1. The zero-order chi connectivity index (χ0) is 40.6. The molecule has 2 aromatic rings. The molecule has 2 aliphatic carbocycles. The first kappa shape index (κ1) is 42.5. The summed E-state index contributed by atoms with van der Waals surface area (Å²) in [6.07, 6.45) is 1.03. The molecule has 1 unspecified atom stereocenters. The Kier molecular flexibility index (Phi) is 14.1. The molecular formula is C43H59N3O10. The Morgan fingerprint density at radius 3 is 2.04 bits per heavy atom. The first-order chi connectivity index (χ1) is 26.5. The van der Waals surface area contributed by atoms with Crippen molar-refractivity contribution in [2.45, 2.75) is 116 Å². The Morgan fingerprint density at radius 2 is 1.45 bits per heavy atom. The largest absolute Gasteiger partial charge is 0.458 e. The highest BCUT2D eigenvalue weighted by atomic mass is 16.6. The van der Waals surface area contributed by atoms with Crippen LogP contribution in [0.25, 0.3) is 0 Å². The topological polar surface area (TPSA) is 141 Å². The lowest BCUT2D eigenvalue weighted by Gasteiger charge is -2.39. The molecule has 3 aliphatic rings. The normalized spacial score (nSPS) is 18.4. The predicted octanol–water partition coefficient (Wildman–Crippen LogP) is 5.71. The summed E-state index contributed by atoms with van der Waals surface area (Å²) < 4.78 is 28.3. The maximum Gasteiger partial charge on any atom is 0.410 e. The average molecular weight is 778 g/mol. The van der Waals surface area contributed by atoms with E-state index in [9.17, 15) is 24.0 Å². The van der Waals surface area contributed by atoms with Gasteiger partial charge in [-0.15, -0.1) is 0 Å². The van der Waals surface area contributed by atoms with Crippen LogP contribution in [0.15, 0.2) is 54.6 Å². The van der Waals surface area contributed by atoms with Crippen LogP contribution >= 0.6 is 0 Å². The highest BCUT2D eigenvalue weighted by Gasteiger charge is 2.49. The minimum absolute atomic E-state index is 0.0153. The van der Waals surface area contributed by atoms with E-state index in [0.717, 1.165) is 55.6 Å². The fourth-order valence-corrected chi connectivity index (χ4v) is 6.70. The number of hydrogen-bond donors (Lipinski definition) is 0. The van der Waals surface area contributed by atoms with Gasteiger partial charge in [-0.1, -0.05) is 68.1 Å². The fraction of sp³-hybridized carbons (Fsp3) is 0.605. The van der Waals surface area contributed by atoms with Crippen molar-refractivity contribution in [3.05, 3.63) is 65.7 Å².